The summed E-state index contributed by atoms with van der Waals surface area (Å²) >= 11 is 0. The van der Waals surface area contributed by atoms with Crippen molar-refractivity contribution in [2.75, 3.05) is 0 Å². The number of aryl methyl sites for hydroxylation is 1. The molecule has 0 saturated heterocycles. The second-order valence-electron chi connectivity index (χ2n) is 5.04. The van der Waals surface area contributed by atoms with Crippen LogP contribution < -0.4 is 0 Å². The van der Waals surface area contributed by atoms with Crippen molar-refractivity contribution in [3.8, 4) is 0 Å². The van der Waals surface area contributed by atoms with Gasteiger partial charge in [-0.3, -0.25) is 4.79 Å². The van der Waals surface area contributed by atoms with Gasteiger partial charge in [-0.05, 0) is 19.3 Å². The molecule has 0 amide bonds. The fourth-order valence-corrected chi connectivity index (χ4v) is 2.17. The first-order valence-electron chi connectivity index (χ1n) is 7.35. The highest BCUT2D eigenvalue weighted by Crippen LogP contribution is 2.11. The van der Waals surface area contributed by atoms with Crippen molar-refractivity contribution in [3.63, 3.8) is 0 Å². The maximum atomic E-state index is 10.3. The number of aliphatic carboxylic acids is 1. The van der Waals surface area contributed by atoms with E-state index >= 15 is 0 Å². The quantitative estimate of drug-likeness (QED) is 0.569. The minimum atomic E-state index is -0.674. The third kappa shape index (κ3) is 9.22. The van der Waals surface area contributed by atoms with Gasteiger partial charge in [-0.1, -0.05) is 44.9 Å². The van der Waals surface area contributed by atoms with Crippen LogP contribution in [0.3, 0.4) is 0 Å². The van der Waals surface area contributed by atoms with E-state index in [0.717, 1.165) is 25.0 Å². The summed E-state index contributed by atoms with van der Waals surface area (Å²) in [5, 5.41) is 18.9. The summed E-state index contributed by atoms with van der Waals surface area (Å²) < 4.78 is 0. The van der Waals surface area contributed by atoms with E-state index in [1.54, 1.807) is 6.20 Å². The van der Waals surface area contributed by atoms with Crippen molar-refractivity contribution < 1.29 is 9.90 Å². The molecule has 5 heteroatoms. The molecule has 1 aromatic rings. The zero-order chi connectivity index (χ0) is 13.8. The molecule has 0 spiro atoms. The van der Waals surface area contributed by atoms with Crippen LogP contribution in [0.4, 0.5) is 0 Å². The van der Waals surface area contributed by atoms with E-state index < -0.39 is 5.97 Å². The van der Waals surface area contributed by atoms with Gasteiger partial charge >= 0.3 is 5.97 Å². The van der Waals surface area contributed by atoms with Crippen LogP contribution in [-0.2, 0) is 11.2 Å². The minimum Gasteiger partial charge on any atom is -0.481 e. The largest absolute Gasteiger partial charge is 0.481 e. The average Bonchev–Trinajstić information content (AvgIpc) is 2.88. The molecule has 0 bridgehead atoms. The third-order valence-electron chi connectivity index (χ3n) is 3.29. The van der Waals surface area contributed by atoms with Crippen LogP contribution in [0.1, 0.15) is 69.9 Å². The molecule has 0 aliphatic heterocycles. The van der Waals surface area contributed by atoms with E-state index in [9.17, 15) is 4.79 Å². The zero-order valence-corrected chi connectivity index (χ0v) is 11.6. The molecule has 0 aromatic carbocycles. The number of nitrogens with one attached hydrogen (secondary N) is 1. The van der Waals surface area contributed by atoms with Gasteiger partial charge in [0.15, 0.2) is 0 Å². The van der Waals surface area contributed by atoms with E-state index in [-0.39, 0.29) is 0 Å². The Morgan fingerprint density at radius 1 is 1.00 bits per heavy atom. The smallest absolute Gasteiger partial charge is 0.303 e. The van der Waals surface area contributed by atoms with Gasteiger partial charge in [0.2, 0.25) is 0 Å². The van der Waals surface area contributed by atoms with Crippen molar-refractivity contribution in [2.24, 2.45) is 0 Å². The Hall–Kier alpha value is -1.39. The van der Waals surface area contributed by atoms with Crippen molar-refractivity contribution in [2.45, 2.75) is 70.6 Å². The molecule has 2 N–H and O–H groups in total. The van der Waals surface area contributed by atoms with Crippen LogP contribution in [0, 0.1) is 0 Å². The number of carboxylic acid groups (broad SMARTS) is 1. The van der Waals surface area contributed by atoms with Crippen molar-refractivity contribution >= 4 is 5.97 Å². The molecular formula is C14H25N3O2. The molecule has 0 unspecified atom stereocenters. The van der Waals surface area contributed by atoms with Gasteiger partial charge in [-0.15, -0.1) is 0 Å². The van der Waals surface area contributed by atoms with Crippen molar-refractivity contribution in [1.82, 2.24) is 15.4 Å². The number of nitrogens with zero attached hydrogens (tertiary/aromatic N) is 2. The number of aromatic nitrogens is 3. The van der Waals surface area contributed by atoms with E-state index in [1.165, 1.54) is 44.9 Å². The number of hydrogen-bond acceptors (Lipinski definition) is 3. The highest BCUT2D eigenvalue weighted by atomic mass is 16.4. The number of hydrogen-bond donors (Lipinski definition) is 2. The standard InChI is InChI=1S/C14H25N3O2/c18-14(19)11-9-7-5-3-1-2-4-6-8-10-13-12-15-17-16-13/h12H,1-11H2,(H,18,19)(H,15,16,17). The highest BCUT2D eigenvalue weighted by molar-refractivity contribution is 5.66. The lowest BCUT2D eigenvalue weighted by atomic mass is 10.1. The Balaban J connectivity index is 1.75. The Morgan fingerprint density at radius 2 is 1.58 bits per heavy atom. The van der Waals surface area contributed by atoms with E-state index in [0.29, 0.717) is 6.42 Å². The van der Waals surface area contributed by atoms with E-state index in [1.807, 2.05) is 0 Å². The summed E-state index contributed by atoms with van der Waals surface area (Å²) in [5.41, 5.74) is 1.05. The average molecular weight is 267 g/mol. The first kappa shape index (κ1) is 15.7. The summed E-state index contributed by atoms with van der Waals surface area (Å²) in [6.45, 7) is 0. The molecular weight excluding hydrogens is 242 g/mol. The first-order chi connectivity index (χ1) is 9.29. The number of rotatable bonds is 12. The number of unbranched alkanes of at least 4 members (excludes halogenated alkanes) is 8. The van der Waals surface area contributed by atoms with Crippen LogP contribution in [0.2, 0.25) is 0 Å². The van der Waals surface area contributed by atoms with E-state index in [2.05, 4.69) is 15.4 Å². The molecule has 1 rings (SSSR count). The van der Waals surface area contributed by atoms with E-state index in [4.69, 9.17) is 5.11 Å². The lowest BCUT2D eigenvalue weighted by molar-refractivity contribution is -0.137. The second kappa shape index (κ2) is 10.5. The topological polar surface area (TPSA) is 78.9 Å². The van der Waals surface area contributed by atoms with Gasteiger partial charge in [0.05, 0.1) is 11.9 Å². The fourth-order valence-electron chi connectivity index (χ4n) is 2.17. The third-order valence-corrected chi connectivity index (χ3v) is 3.29. The highest BCUT2D eigenvalue weighted by Gasteiger charge is 1.98. The maximum Gasteiger partial charge on any atom is 0.303 e. The molecule has 0 atom stereocenters. The fraction of sp³-hybridized carbons (Fsp3) is 0.786. The molecule has 19 heavy (non-hydrogen) atoms. The van der Waals surface area contributed by atoms with Crippen molar-refractivity contribution in [3.05, 3.63) is 11.9 Å². The predicted molar refractivity (Wildman–Crippen MR) is 73.9 cm³/mol. The molecule has 0 saturated carbocycles. The molecule has 1 heterocycles. The van der Waals surface area contributed by atoms with Crippen LogP contribution >= 0.6 is 0 Å². The van der Waals surface area contributed by atoms with Gasteiger partial charge in [0.25, 0.3) is 0 Å². The Morgan fingerprint density at radius 3 is 2.11 bits per heavy atom. The second-order valence-corrected chi connectivity index (χ2v) is 5.04. The summed E-state index contributed by atoms with van der Waals surface area (Å²) in [6, 6.07) is 0. The molecule has 0 aliphatic rings. The lowest BCUT2D eigenvalue weighted by Gasteiger charge is -2.01. The monoisotopic (exact) mass is 267 g/mol. The molecule has 0 fully saturated rings. The Bertz CT molecular complexity index is 325. The van der Waals surface area contributed by atoms with Gasteiger partial charge in [-0.25, -0.2) is 0 Å². The number of H-pyrrole nitrogens is 1. The SMILES string of the molecule is O=C(O)CCCCCCCCCCCc1cn[nH]n1. The zero-order valence-electron chi connectivity index (χ0n) is 11.6. The molecule has 0 aliphatic carbocycles. The minimum absolute atomic E-state index is 0.321. The van der Waals surface area contributed by atoms with Gasteiger partial charge in [0.1, 0.15) is 0 Å². The maximum absolute atomic E-state index is 10.3. The molecule has 5 nitrogen and oxygen atoms in total. The summed E-state index contributed by atoms with van der Waals surface area (Å²) in [7, 11) is 0. The van der Waals surface area contributed by atoms with Crippen LogP contribution in [0.25, 0.3) is 0 Å². The van der Waals surface area contributed by atoms with Gasteiger partial charge in [0, 0.05) is 6.42 Å². The van der Waals surface area contributed by atoms with Crippen LogP contribution in [0.5, 0.6) is 0 Å². The predicted octanol–water partition coefficient (Wildman–Crippen LogP) is 3.33. The summed E-state index contributed by atoms with van der Waals surface area (Å²) in [4.78, 5) is 10.3. The van der Waals surface area contributed by atoms with Crippen LogP contribution in [-0.4, -0.2) is 26.5 Å². The van der Waals surface area contributed by atoms with Gasteiger partial charge < -0.3 is 5.11 Å². The number of carboxylic acids is 1. The normalized spacial score (nSPS) is 10.7. The first-order valence-corrected chi connectivity index (χ1v) is 7.35. The summed E-state index contributed by atoms with van der Waals surface area (Å²) in [5.74, 6) is -0.674. The number of carbonyl (C=O) groups is 1. The summed E-state index contributed by atoms with van der Waals surface area (Å²) in [6.07, 6.45) is 13.7. The lowest BCUT2D eigenvalue weighted by Crippen LogP contribution is -1.93. The molecule has 108 valence electrons. The van der Waals surface area contributed by atoms with Crippen LogP contribution in [0.15, 0.2) is 6.20 Å². The molecule has 1 aromatic heterocycles. The van der Waals surface area contributed by atoms with Gasteiger partial charge in [-0.2, -0.15) is 15.4 Å². The number of aromatic amines is 1. The molecule has 0 radical (unpaired) electrons. The Labute approximate surface area is 114 Å². The Kier molecular flexibility index (Phi) is 8.68. The van der Waals surface area contributed by atoms with Crippen molar-refractivity contribution in [1.29, 1.82) is 0 Å².